The molecule has 1 aromatic heterocycles. The highest BCUT2D eigenvalue weighted by atomic mass is 35.5. The molecule has 0 fully saturated rings. The fourth-order valence-corrected chi connectivity index (χ4v) is 1.32. The number of aryl methyl sites for hydroxylation is 1. The van der Waals surface area contributed by atoms with Gasteiger partial charge in [-0.15, -0.1) is 5.10 Å². The summed E-state index contributed by atoms with van der Waals surface area (Å²) in [6.07, 6.45) is 0. The van der Waals surface area contributed by atoms with E-state index in [0.29, 0.717) is 5.56 Å². The van der Waals surface area contributed by atoms with Crippen LogP contribution in [-0.4, -0.2) is 21.8 Å². The SMILES string of the molecule is Cc1cc(C(C#N)C(=O)OC(C)(C)C)nnc1Cl. The van der Waals surface area contributed by atoms with E-state index in [1.165, 1.54) is 0 Å². The van der Waals surface area contributed by atoms with Crippen LogP contribution in [0.2, 0.25) is 5.15 Å². The van der Waals surface area contributed by atoms with Crippen LogP contribution < -0.4 is 0 Å². The quantitative estimate of drug-likeness (QED) is 0.769. The molecule has 0 aromatic carbocycles. The first-order valence-electron chi connectivity index (χ1n) is 5.37. The highest BCUT2D eigenvalue weighted by Gasteiger charge is 2.28. The molecule has 0 bridgehead atoms. The van der Waals surface area contributed by atoms with Gasteiger partial charge < -0.3 is 4.74 Å². The van der Waals surface area contributed by atoms with E-state index in [1.54, 1.807) is 33.8 Å². The molecule has 0 radical (unpaired) electrons. The Labute approximate surface area is 111 Å². The number of ether oxygens (including phenoxy) is 1. The molecular formula is C12H14ClN3O2. The molecule has 0 N–H and O–H groups in total. The molecule has 1 unspecified atom stereocenters. The van der Waals surface area contributed by atoms with Gasteiger partial charge in [0.1, 0.15) is 5.60 Å². The standard InChI is InChI=1S/C12H14ClN3O2/c1-7-5-9(15-16-10(7)13)8(6-14)11(17)18-12(2,3)4/h5,8H,1-4H3. The third-order valence-electron chi connectivity index (χ3n) is 2.01. The summed E-state index contributed by atoms with van der Waals surface area (Å²) in [5.41, 5.74) is 0.250. The molecule has 96 valence electrons. The van der Waals surface area contributed by atoms with Crippen molar-refractivity contribution in [2.24, 2.45) is 0 Å². The molecule has 0 spiro atoms. The number of rotatable bonds is 2. The van der Waals surface area contributed by atoms with Crippen molar-refractivity contribution in [1.29, 1.82) is 5.26 Å². The summed E-state index contributed by atoms with van der Waals surface area (Å²) < 4.78 is 5.15. The van der Waals surface area contributed by atoms with E-state index in [2.05, 4.69) is 10.2 Å². The molecule has 0 aliphatic heterocycles. The number of nitriles is 1. The van der Waals surface area contributed by atoms with Gasteiger partial charge in [0.05, 0.1) is 11.8 Å². The average Bonchev–Trinajstić information content (AvgIpc) is 2.21. The number of carbonyl (C=O) groups excluding carboxylic acids is 1. The van der Waals surface area contributed by atoms with Crippen molar-refractivity contribution in [3.05, 3.63) is 22.5 Å². The molecular weight excluding hydrogens is 254 g/mol. The van der Waals surface area contributed by atoms with E-state index in [-0.39, 0.29) is 10.8 Å². The Balaban J connectivity index is 3.00. The molecule has 0 aliphatic rings. The number of nitrogens with zero attached hydrogens (tertiary/aromatic N) is 3. The number of esters is 1. The van der Waals surface area contributed by atoms with Crippen LogP contribution in [0.15, 0.2) is 6.07 Å². The smallest absolute Gasteiger partial charge is 0.330 e. The van der Waals surface area contributed by atoms with E-state index < -0.39 is 17.5 Å². The highest BCUT2D eigenvalue weighted by Crippen LogP contribution is 2.20. The number of aromatic nitrogens is 2. The second-order valence-electron chi connectivity index (χ2n) is 4.84. The van der Waals surface area contributed by atoms with Crippen LogP contribution in [0.1, 0.15) is 37.9 Å². The van der Waals surface area contributed by atoms with Gasteiger partial charge in [-0.2, -0.15) is 10.4 Å². The maximum Gasteiger partial charge on any atom is 0.330 e. The number of hydrogen-bond donors (Lipinski definition) is 0. The lowest BCUT2D eigenvalue weighted by atomic mass is 10.1. The molecule has 1 rings (SSSR count). The van der Waals surface area contributed by atoms with Gasteiger partial charge in [0, 0.05) is 0 Å². The molecule has 0 saturated carbocycles. The van der Waals surface area contributed by atoms with Gasteiger partial charge in [-0.25, -0.2) is 0 Å². The maximum atomic E-state index is 11.8. The van der Waals surface area contributed by atoms with Crippen molar-refractivity contribution in [1.82, 2.24) is 10.2 Å². The van der Waals surface area contributed by atoms with Gasteiger partial charge >= 0.3 is 5.97 Å². The first-order valence-corrected chi connectivity index (χ1v) is 5.74. The van der Waals surface area contributed by atoms with Crippen LogP contribution in [-0.2, 0) is 9.53 Å². The minimum Gasteiger partial charge on any atom is -0.459 e. The summed E-state index contributed by atoms with van der Waals surface area (Å²) in [6.45, 7) is 6.93. The number of hydrogen-bond acceptors (Lipinski definition) is 5. The first-order chi connectivity index (χ1) is 8.24. The van der Waals surface area contributed by atoms with Crippen molar-refractivity contribution in [2.75, 3.05) is 0 Å². The number of halogens is 1. The molecule has 0 saturated heterocycles. The van der Waals surface area contributed by atoms with E-state index >= 15 is 0 Å². The Morgan fingerprint density at radius 2 is 2.11 bits per heavy atom. The average molecular weight is 268 g/mol. The summed E-state index contributed by atoms with van der Waals surface area (Å²) in [6, 6.07) is 3.43. The van der Waals surface area contributed by atoms with Crippen molar-refractivity contribution in [2.45, 2.75) is 39.2 Å². The fourth-order valence-electron chi connectivity index (χ4n) is 1.23. The zero-order chi connectivity index (χ0) is 13.9. The number of carbonyl (C=O) groups is 1. The lowest BCUT2D eigenvalue weighted by molar-refractivity contribution is -0.155. The van der Waals surface area contributed by atoms with Gasteiger partial charge in [0.2, 0.25) is 0 Å². The Morgan fingerprint density at radius 1 is 1.50 bits per heavy atom. The van der Waals surface area contributed by atoms with Crippen LogP contribution in [0.5, 0.6) is 0 Å². The van der Waals surface area contributed by atoms with E-state index in [1.807, 2.05) is 6.07 Å². The second kappa shape index (κ2) is 5.32. The van der Waals surface area contributed by atoms with Crippen LogP contribution >= 0.6 is 11.6 Å². The first kappa shape index (κ1) is 14.4. The van der Waals surface area contributed by atoms with E-state index in [4.69, 9.17) is 21.6 Å². The second-order valence-corrected chi connectivity index (χ2v) is 5.20. The molecule has 1 atom stereocenters. The lowest BCUT2D eigenvalue weighted by Gasteiger charge is -2.21. The zero-order valence-corrected chi connectivity index (χ0v) is 11.4. The summed E-state index contributed by atoms with van der Waals surface area (Å²) in [4.78, 5) is 11.8. The van der Waals surface area contributed by atoms with Crippen LogP contribution in [0, 0.1) is 18.3 Å². The minimum atomic E-state index is -1.09. The van der Waals surface area contributed by atoms with Gasteiger partial charge in [-0.3, -0.25) is 4.79 Å². The molecule has 0 amide bonds. The Hall–Kier alpha value is -1.67. The fraction of sp³-hybridized carbons (Fsp3) is 0.500. The summed E-state index contributed by atoms with van der Waals surface area (Å²) in [5.74, 6) is -1.73. The third kappa shape index (κ3) is 3.67. The van der Waals surface area contributed by atoms with E-state index in [0.717, 1.165) is 0 Å². The van der Waals surface area contributed by atoms with Gasteiger partial charge in [0.15, 0.2) is 11.1 Å². The van der Waals surface area contributed by atoms with Crippen LogP contribution in [0.3, 0.4) is 0 Å². The largest absolute Gasteiger partial charge is 0.459 e. The van der Waals surface area contributed by atoms with Crippen LogP contribution in [0.25, 0.3) is 0 Å². The molecule has 1 heterocycles. The van der Waals surface area contributed by atoms with Gasteiger partial charge in [-0.05, 0) is 39.3 Å². The molecule has 1 aromatic rings. The Morgan fingerprint density at radius 3 is 2.56 bits per heavy atom. The monoisotopic (exact) mass is 267 g/mol. The normalized spacial score (nSPS) is 12.7. The topological polar surface area (TPSA) is 75.9 Å². The predicted octanol–water partition coefficient (Wildman–Crippen LogP) is 2.39. The van der Waals surface area contributed by atoms with Crippen molar-refractivity contribution in [3.8, 4) is 6.07 Å². The lowest BCUT2D eigenvalue weighted by Crippen LogP contribution is -2.27. The van der Waals surface area contributed by atoms with Gasteiger partial charge in [-0.1, -0.05) is 11.6 Å². The molecule has 6 heteroatoms. The Kier molecular flexibility index (Phi) is 4.25. The summed E-state index contributed by atoms with van der Waals surface area (Å²) in [7, 11) is 0. The zero-order valence-electron chi connectivity index (χ0n) is 10.7. The molecule has 18 heavy (non-hydrogen) atoms. The summed E-state index contributed by atoms with van der Waals surface area (Å²) in [5, 5.41) is 16.7. The predicted molar refractivity (Wildman–Crippen MR) is 66.0 cm³/mol. The molecule has 5 nitrogen and oxygen atoms in total. The van der Waals surface area contributed by atoms with Crippen molar-refractivity contribution in [3.63, 3.8) is 0 Å². The van der Waals surface area contributed by atoms with Gasteiger partial charge in [0.25, 0.3) is 0 Å². The third-order valence-corrected chi connectivity index (χ3v) is 2.38. The molecule has 0 aliphatic carbocycles. The minimum absolute atomic E-state index is 0.244. The van der Waals surface area contributed by atoms with Crippen molar-refractivity contribution >= 4 is 17.6 Å². The maximum absolute atomic E-state index is 11.8. The van der Waals surface area contributed by atoms with Crippen LogP contribution in [0.4, 0.5) is 0 Å². The van der Waals surface area contributed by atoms with Crippen molar-refractivity contribution < 1.29 is 9.53 Å². The summed E-state index contributed by atoms with van der Waals surface area (Å²) >= 11 is 5.74. The highest BCUT2D eigenvalue weighted by molar-refractivity contribution is 6.30. The Bertz CT molecular complexity index is 503. The van der Waals surface area contributed by atoms with E-state index in [9.17, 15) is 4.79 Å².